The fourth-order valence-corrected chi connectivity index (χ4v) is 2.28. The molecule has 0 atom stereocenters. The van der Waals surface area contributed by atoms with Crippen LogP contribution in [0.3, 0.4) is 0 Å². The fraction of sp³-hybridized carbons (Fsp3) is 0.333. The van der Waals surface area contributed by atoms with Gasteiger partial charge in [0.15, 0.2) is 0 Å². The van der Waals surface area contributed by atoms with Gasteiger partial charge in [0.1, 0.15) is 17.4 Å². The Bertz CT molecular complexity index is 601. The number of nitrogens with zero attached hydrogens (tertiary/aromatic N) is 2. The molecule has 0 unspecified atom stereocenters. The summed E-state index contributed by atoms with van der Waals surface area (Å²) < 4.78 is 5.88. The zero-order valence-corrected chi connectivity index (χ0v) is 13.3. The van der Waals surface area contributed by atoms with Crippen molar-refractivity contribution in [3.05, 3.63) is 35.7 Å². The van der Waals surface area contributed by atoms with Gasteiger partial charge >= 0.3 is 0 Å². The topological polar surface area (TPSA) is 73.1 Å². The van der Waals surface area contributed by atoms with Crippen molar-refractivity contribution >= 4 is 17.6 Å². The van der Waals surface area contributed by atoms with E-state index in [2.05, 4.69) is 22.3 Å². The van der Waals surface area contributed by atoms with E-state index in [9.17, 15) is 0 Å². The Hall–Kier alpha value is -1.79. The lowest BCUT2D eigenvalue weighted by Gasteiger charge is -2.12. The van der Waals surface area contributed by atoms with Gasteiger partial charge in [-0.2, -0.15) is 4.98 Å². The van der Waals surface area contributed by atoms with Crippen LogP contribution in [0.5, 0.6) is 11.6 Å². The molecule has 2 aromatic rings. The predicted molar refractivity (Wildman–Crippen MR) is 86.9 cm³/mol. The Labute approximate surface area is 129 Å². The fourth-order valence-electron chi connectivity index (χ4n) is 1.87. The van der Waals surface area contributed by atoms with Crippen LogP contribution in [0.4, 0.5) is 5.82 Å². The van der Waals surface area contributed by atoms with E-state index in [1.807, 2.05) is 37.4 Å². The second-order valence-corrected chi connectivity index (χ2v) is 5.47. The number of nitrogen functional groups attached to an aromatic ring is 1. The Morgan fingerprint density at radius 3 is 2.52 bits per heavy atom. The summed E-state index contributed by atoms with van der Waals surface area (Å²) in [6.45, 7) is 3.97. The molecule has 1 aromatic carbocycles. The molecule has 2 rings (SSSR count). The minimum Gasteiger partial charge on any atom is -0.439 e. The maximum Gasteiger partial charge on any atom is 0.227 e. The Morgan fingerprint density at radius 2 is 1.95 bits per heavy atom. The summed E-state index contributed by atoms with van der Waals surface area (Å²) in [5.74, 6) is 8.14. The molecule has 0 saturated carbocycles. The van der Waals surface area contributed by atoms with Gasteiger partial charge in [0, 0.05) is 11.3 Å². The lowest BCUT2D eigenvalue weighted by atomic mass is 10.3. The molecule has 1 heterocycles. The van der Waals surface area contributed by atoms with Crippen LogP contribution in [-0.4, -0.2) is 16.2 Å². The first-order valence-electron chi connectivity index (χ1n) is 6.84. The van der Waals surface area contributed by atoms with Crippen LogP contribution in [0, 0.1) is 6.92 Å². The summed E-state index contributed by atoms with van der Waals surface area (Å²) in [6, 6.07) is 7.90. The number of benzene rings is 1. The second kappa shape index (κ2) is 7.28. The molecule has 0 aliphatic carbocycles. The van der Waals surface area contributed by atoms with E-state index in [0.717, 1.165) is 30.0 Å². The van der Waals surface area contributed by atoms with Crippen molar-refractivity contribution in [1.82, 2.24) is 9.97 Å². The van der Waals surface area contributed by atoms with Gasteiger partial charge in [-0.3, -0.25) is 0 Å². The Balaban J connectivity index is 2.30. The number of thioether (sulfide) groups is 1. The summed E-state index contributed by atoms with van der Waals surface area (Å²) >= 11 is 1.69. The number of hydrogen-bond acceptors (Lipinski definition) is 6. The number of rotatable bonds is 6. The van der Waals surface area contributed by atoms with Gasteiger partial charge in [0.25, 0.3) is 0 Å². The molecule has 0 saturated heterocycles. The van der Waals surface area contributed by atoms with Crippen molar-refractivity contribution in [2.24, 2.45) is 5.84 Å². The average Bonchev–Trinajstić information content (AvgIpc) is 2.51. The molecule has 3 N–H and O–H groups in total. The number of ether oxygens (including phenoxy) is 1. The lowest BCUT2D eigenvalue weighted by molar-refractivity contribution is 0.454. The number of aryl methyl sites for hydroxylation is 1. The third-order valence-corrected chi connectivity index (χ3v) is 3.78. The molecule has 6 heteroatoms. The highest BCUT2D eigenvalue weighted by atomic mass is 32.2. The number of anilines is 1. The minimum atomic E-state index is 0.540. The van der Waals surface area contributed by atoms with Crippen molar-refractivity contribution in [2.45, 2.75) is 31.6 Å². The third kappa shape index (κ3) is 3.86. The summed E-state index contributed by atoms with van der Waals surface area (Å²) in [5, 5.41) is 0. The van der Waals surface area contributed by atoms with Crippen molar-refractivity contribution < 1.29 is 4.74 Å². The van der Waals surface area contributed by atoms with Gasteiger partial charge in [-0.05, 0) is 43.9 Å². The Kier molecular flexibility index (Phi) is 5.41. The van der Waals surface area contributed by atoms with Crippen molar-refractivity contribution in [3.63, 3.8) is 0 Å². The zero-order chi connectivity index (χ0) is 15.2. The minimum absolute atomic E-state index is 0.540. The van der Waals surface area contributed by atoms with E-state index in [0.29, 0.717) is 11.7 Å². The maximum atomic E-state index is 5.88. The lowest BCUT2D eigenvalue weighted by Crippen LogP contribution is -2.13. The average molecular weight is 304 g/mol. The van der Waals surface area contributed by atoms with E-state index < -0.39 is 0 Å². The van der Waals surface area contributed by atoms with Crippen LogP contribution < -0.4 is 16.0 Å². The molecule has 0 amide bonds. The quantitative estimate of drug-likeness (QED) is 0.483. The van der Waals surface area contributed by atoms with Crippen LogP contribution in [0.1, 0.15) is 24.7 Å². The molecule has 112 valence electrons. The molecule has 1 aromatic heterocycles. The van der Waals surface area contributed by atoms with E-state index in [1.165, 1.54) is 4.90 Å². The van der Waals surface area contributed by atoms with Crippen LogP contribution in [0.2, 0.25) is 0 Å². The van der Waals surface area contributed by atoms with Crippen molar-refractivity contribution in [2.75, 3.05) is 11.7 Å². The monoisotopic (exact) mass is 304 g/mol. The first-order valence-corrected chi connectivity index (χ1v) is 8.06. The molecule has 21 heavy (non-hydrogen) atoms. The van der Waals surface area contributed by atoms with Gasteiger partial charge in [0.05, 0.1) is 5.56 Å². The molecular formula is C15H20N4OS. The normalized spacial score (nSPS) is 10.5. The molecule has 0 aliphatic rings. The van der Waals surface area contributed by atoms with Crippen LogP contribution in [0.15, 0.2) is 29.2 Å². The van der Waals surface area contributed by atoms with E-state index in [4.69, 9.17) is 10.6 Å². The molecule has 5 nitrogen and oxygen atoms in total. The smallest absolute Gasteiger partial charge is 0.227 e. The van der Waals surface area contributed by atoms with Gasteiger partial charge in [-0.25, -0.2) is 10.8 Å². The second-order valence-electron chi connectivity index (χ2n) is 4.59. The van der Waals surface area contributed by atoms with Gasteiger partial charge < -0.3 is 10.2 Å². The summed E-state index contributed by atoms with van der Waals surface area (Å²) in [5.41, 5.74) is 3.40. The predicted octanol–water partition coefficient (Wildman–Crippen LogP) is 3.54. The molecule has 0 fully saturated rings. The number of nitrogens with one attached hydrogen (secondary N) is 1. The molecule has 0 spiro atoms. The zero-order valence-electron chi connectivity index (χ0n) is 12.5. The standard InChI is InChI=1S/C15H20N4OS/c1-4-5-13-17-14(19-16)10(2)15(18-13)20-11-6-8-12(21-3)9-7-11/h6-9H,4-5,16H2,1-3H3,(H,17,18,19). The molecule has 0 radical (unpaired) electrons. The van der Waals surface area contributed by atoms with Crippen molar-refractivity contribution in [1.29, 1.82) is 0 Å². The highest BCUT2D eigenvalue weighted by Crippen LogP contribution is 2.28. The summed E-state index contributed by atoms with van der Waals surface area (Å²) in [7, 11) is 0. The summed E-state index contributed by atoms with van der Waals surface area (Å²) in [6.07, 6.45) is 3.80. The largest absolute Gasteiger partial charge is 0.439 e. The van der Waals surface area contributed by atoms with E-state index in [-0.39, 0.29) is 0 Å². The first-order chi connectivity index (χ1) is 10.2. The molecular weight excluding hydrogens is 284 g/mol. The maximum absolute atomic E-state index is 5.88. The number of nitrogens with two attached hydrogens (primary N) is 1. The SMILES string of the molecule is CCCc1nc(NN)c(C)c(Oc2ccc(SC)cc2)n1. The molecule has 0 aliphatic heterocycles. The summed E-state index contributed by atoms with van der Waals surface area (Å²) in [4.78, 5) is 10.0. The number of hydrazine groups is 1. The van der Waals surface area contributed by atoms with E-state index >= 15 is 0 Å². The number of aromatic nitrogens is 2. The number of hydrogen-bond donors (Lipinski definition) is 2. The Morgan fingerprint density at radius 1 is 1.24 bits per heavy atom. The van der Waals surface area contributed by atoms with Crippen molar-refractivity contribution in [3.8, 4) is 11.6 Å². The highest BCUT2D eigenvalue weighted by Gasteiger charge is 2.12. The first kappa shape index (κ1) is 15.6. The van der Waals surface area contributed by atoms with Gasteiger partial charge in [-0.1, -0.05) is 6.92 Å². The highest BCUT2D eigenvalue weighted by molar-refractivity contribution is 7.98. The molecule has 0 bridgehead atoms. The van der Waals surface area contributed by atoms with Crippen LogP contribution >= 0.6 is 11.8 Å². The van der Waals surface area contributed by atoms with Gasteiger partial charge in [-0.15, -0.1) is 11.8 Å². The van der Waals surface area contributed by atoms with Crippen LogP contribution in [-0.2, 0) is 6.42 Å². The third-order valence-electron chi connectivity index (χ3n) is 3.03. The van der Waals surface area contributed by atoms with Crippen LogP contribution in [0.25, 0.3) is 0 Å². The van der Waals surface area contributed by atoms with Gasteiger partial charge in [0.2, 0.25) is 5.88 Å². The van der Waals surface area contributed by atoms with E-state index in [1.54, 1.807) is 11.8 Å².